The molecule has 10 heteroatoms. The Balaban J connectivity index is 4.44. The second kappa shape index (κ2) is 8.55. The number of carboxylic acids is 1. The lowest BCUT2D eigenvalue weighted by atomic mass is 10.0. The van der Waals surface area contributed by atoms with Crippen molar-refractivity contribution in [2.45, 2.75) is 30.8 Å². The van der Waals surface area contributed by atoms with E-state index in [-0.39, 0.29) is 0 Å². The molecule has 0 aliphatic rings. The van der Waals surface area contributed by atoms with Crippen LogP contribution in [0.25, 0.3) is 0 Å². The van der Waals surface area contributed by atoms with Crippen molar-refractivity contribution in [3.05, 3.63) is 0 Å². The van der Waals surface area contributed by atoms with Crippen molar-refractivity contribution in [2.75, 3.05) is 13.2 Å². The van der Waals surface area contributed by atoms with E-state index in [1.54, 1.807) is 0 Å². The maximum absolute atomic E-state index is 11.4. The average Bonchev–Trinajstić information content (AvgIpc) is 2.39. The predicted molar refractivity (Wildman–Crippen MR) is 63.4 cm³/mol. The fourth-order valence-corrected chi connectivity index (χ4v) is 1.29. The molecule has 0 aromatic rings. The van der Waals surface area contributed by atoms with Crippen LogP contribution in [-0.2, 0) is 14.4 Å². The Hall–Kier alpha value is -1.59. The first-order chi connectivity index (χ1) is 9.20. The van der Waals surface area contributed by atoms with Crippen molar-refractivity contribution in [3.8, 4) is 0 Å². The number of nitrogens with two attached hydrogens (primary N) is 1. The molecule has 0 saturated heterocycles. The molecule has 0 aliphatic heterocycles. The number of carbonyl (C=O) groups is 3. The van der Waals surface area contributed by atoms with Gasteiger partial charge in [-0.3, -0.25) is 19.7 Å². The summed E-state index contributed by atoms with van der Waals surface area (Å²) in [6.07, 6.45) is -6.18. The maximum Gasteiger partial charge on any atom is 0.321 e. The Morgan fingerprint density at radius 2 is 1.70 bits per heavy atom. The lowest BCUT2D eigenvalue weighted by molar-refractivity contribution is -0.142. The highest BCUT2D eigenvalue weighted by atomic mass is 16.4. The van der Waals surface area contributed by atoms with Gasteiger partial charge in [0.05, 0.1) is 19.6 Å². The molecule has 0 radical (unpaired) electrons. The van der Waals surface area contributed by atoms with E-state index < -0.39 is 61.6 Å². The number of Topliss-reactive ketones (excluding diaryl/α,β-unsaturated/α-hetero) is 1. The lowest BCUT2D eigenvalue weighted by Crippen LogP contribution is -2.49. The van der Waals surface area contributed by atoms with Crippen molar-refractivity contribution in [2.24, 2.45) is 5.73 Å². The van der Waals surface area contributed by atoms with Crippen LogP contribution in [0.1, 0.15) is 6.42 Å². The van der Waals surface area contributed by atoms with Crippen LogP contribution in [0.4, 0.5) is 0 Å². The standard InChI is InChI=1S/C10H18N2O8/c11-7(16)1-4(10(19)20)12-2-5(14)8(17)9(18)6(15)3-13/h4,6,8-9,12-13,15,17-18H,1-3H2,(H2,11,16)(H,19,20). The molecule has 4 atom stereocenters. The highest BCUT2D eigenvalue weighted by Crippen LogP contribution is 2.01. The van der Waals surface area contributed by atoms with Crippen LogP contribution < -0.4 is 11.1 Å². The van der Waals surface area contributed by atoms with Gasteiger partial charge in [-0.2, -0.15) is 0 Å². The van der Waals surface area contributed by atoms with Crippen molar-refractivity contribution >= 4 is 17.7 Å². The molecule has 0 aliphatic carbocycles. The highest BCUT2D eigenvalue weighted by Gasteiger charge is 2.30. The fourth-order valence-electron chi connectivity index (χ4n) is 1.29. The quantitative estimate of drug-likeness (QED) is 0.208. The third-order valence-corrected chi connectivity index (χ3v) is 2.46. The van der Waals surface area contributed by atoms with Gasteiger partial charge in [0.1, 0.15) is 24.4 Å². The van der Waals surface area contributed by atoms with Crippen LogP contribution >= 0.6 is 0 Å². The molecule has 0 fully saturated rings. The zero-order valence-corrected chi connectivity index (χ0v) is 10.5. The van der Waals surface area contributed by atoms with E-state index in [0.717, 1.165) is 0 Å². The molecule has 116 valence electrons. The average molecular weight is 294 g/mol. The second-order valence-electron chi connectivity index (χ2n) is 4.09. The van der Waals surface area contributed by atoms with Crippen LogP contribution in [-0.4, -0.2) is 80.7 Å². The van der Waals surface area contributed by atoms with Gasteiger partial charge in [0.25, 0.3) is 0 Å². The Labute approximate surface area is 113 Å². The lowest BCUT2D eigenvalue weighted by Gasteiger charge is -2.21. The number of carbonyl (C=O) groups excluding carboxylic acids is 2. The largest absolute Gasteiger partial charge is 0.480 e. The van der Waals surface area contributed by atoms with Gasteiger partial charge in [-0.25, -0.2) is 0 Å². The Bertz CT molecular complexity index is 361. The molecule has 1 amide bonds. The molecule has 0 aromatic heterocycles. The normalized spacial score (nSPS) is 17.0. The maximum atomic E-state index is 11.4. The van der Waals surface area contributed by atoms with Gasteiger partial charge in [0, 0.05) is 0 Å². The molecule has 0 rings (SSSR count). The van der Waals surface area contributed by atoms with Gasteiger partial charge in [-0.1, -0.05) is 0 Å². The number of ketones is 1. The molecule has 10 nitrogen and oxygen atoms in total. The Morgan fingerprint density at radius 3 is 2.10 bits per heavy atom. The van der Waals surface area contributed by atoms with Crippen molar-refractivity contribution < 1.29 is 39.9 Å². The number of primary amides is 1. The molecule has 0 saturated carbocycles. The summed E-state index contributed by atoms with van der Waals surface area (Å²) >= 11 is 0. The first-order valence-corrected chi connectivity index (χ1v) is 5.63. The van der Waals surface area contributed by atoms with Crippen molar-refractivity contribution in [1.29, 1.82) is 0 Å². The topological polar surface area (TPSA) is 190 Å². The number of amides is 1. The minimum atomic E-state index is -2.01. The van der Waals surface area contributed by atoms with Crippen LogP contribution in [0.5, 0.6) is 0 Å². The number of hydrogen-bond acceptors (Lipinski definition) is 8. The third-order valence-electron chi connectivity index (χ3n) is 2.46. The van der Waals surface area contributed by atoms with Crippen LogP contribution in [0.3, 0.4) is 0 Å². The molecule has 4 unspecified atom stereocenters. The zero-order chi connectivity index (χ0) is 15.9. The molecule has 0 spiro atoms. The number of nitrogens with one attached hydrogen (secondary N) is 1. The Kier molecular flexibility index (Phi) is 7.87. The molecule has 0 heterocycles. The van der Waals surface area contributed by atoms with Crippen molar-refractivity contribution in [1.82, 2.24) is 5.32 Å². The van der Waals surface area contributed by atoms with Gasteiger partial charge < -0.3 is 31.3 Å². The minimum Gasteiger partial charge on any atom is -0.480 e. The number of aliphatic hydroxyl groups is 4. The smallest absolute Gasteiger partial charge is 0.321 e. The Morgan fingerprint density at radius 1 is 1.15 bits per heavy atom. The summed E-state index contributed by atoms with van der Waals surface area (Å²) in [7, 11) is 0. The molecule has 0 aromatic carbocycles. The molecule has 0 bridgehead atoms. The van der Waals surface area contributed by atoms with Crippen LogP contribution in [0, 0.1) is 0 Å². The number of rotatable bonds is 10. The summed E-state index contributed by atoms with van der Waals surface area (Å²) in [4.78, 5) is 32.8. The van der Waals surface area contributed by atoms with Gasteiger partial charge >= 0.3 is 5.97 Å². The summed E-state index contributed by atoms with van der Waals surface area (Å²) in [5.41, 5.74) is 4.83. The predicted octanol–water partition coefficient (Wildman–Crippen LogP) is -4.45. The number of carboxylic acid groups (broad SMARTS) is 1. The van der Waals surface area contributed by atoms with Crippen LogP contribution in [0.15, 0.2) is 0 Å². The fraction of sp³-hybridized carbons (Fsp3) is 0.700. The number of aliphatic hydroxyl groups excluding tert-OH is 4. The summed E-state index contributed by atoms with van der Waals surface area (Å²) in [6.45, 7) is -1.53. The summed E-state index contributed by atoms with van der Waals surface area (Å²) in [5, 5.41) is 47.2. The first kappa shape index (κ1) is 18.4. The number of hydrogen-bond donors (Lipinski definition) is 7. The number of aliphatic carboxylic acids is 1. The van der Waals surface area contributed by atoms with E-state index in [2.05, 4.69) is 5.32 Å². The SMILES string of the molecule is NC(=O)CC(NCC(=O)C(O)C(O)C(O)CO)C(=O)O. The van der Waals surface area contributed by atoms with Gasteiger partial charge in [0.15, 0.2) is 5.78 Å². The van der Waals surface area contributed by atoms with E-state index in [1.807, 2.05) is 0 Å². The van der Waals surface area contributed by atoms with Crippen molar-refractivity contribution in [3.63, 3.8) is 0 Å². The second-order valence-corrected chi connectivity index (χ2v) is 4.09. The molecular weight excluding hydrogens is 276 g/mol. The third kappa shape index (κ3) is 6.04. The van der Waals surface area contributed by atoms with E-state index >= 15 is 0 Å². The summed E-state index contributed by atoms with van der Waals surface area (Å²) in [5.74, 6) is -3.32. The van der Waals surface area contributed by atoms with E-state index in [9.17, 15) is 24.6 Å². The summed E-state index contributed by atoms with van der Waals surface area (Å²) in [6, 6.07) is -1.41. The molecular formula is C10H18N2O8. The molecule has 20 heavy (non-hydrogen) atoms. The summed E-state index contributed by atoms with van der Waals surface area (Å²) < 4.78 is 0. The highest BCUT2D eigenvalue weighted by molar-refractivity contribution is 5.87. The minimum absolute atomic E-state index is 0.555. The monoisotopic (exact) mass is 294 g/mol. The van der Waals surface area contributed by atoms with Crippen LogP contribution in [0.2, 0.25) is 0 Å². The van der Waals surface area contributed by atoms with E-state index in [4.69, 9.17) is 21.1 Å². The zero-order valence-electron chi connectivity index (χ0n) is 10.5. The first-order valence-electron chi connectivity index (χ1n) is 5.63. The van der Waals surface area contributed by atoms with Gasteiger partial charge in [-0.15, -0.1) is 0 Å². The molecule has 8 N–H and O–H groups in total. The van der Waals surface area contributed by atoms with Gasteiger partial charge in [-0.05, 0) is 0 Å². The van der Waals surface area contributed by atoms with E-state index in [0.29, 0.717) is 0 Å². The van der Waals surface area contributed by atoms with Gasteiger partial charge in [0.2, 0.25) is 5.91 Å². The van der Waals surface area contributed by atoms with E-state index in [1.165, 1.54) is 0 Å².